The van der Waals surface area contributed by atoms with Gasteiger partial charge in [0, 0.05) is 12.5 Å². The van der Waals surface area contributed by atoms with Crippen molar-refractivity contribution in [2.75, 3.05) is 13.1 Å². The van der Waals surface area contributed by atoms with Crippen LogP contribution in [0.25, 0.3) is 0 Å². The number of nitrogens with one attached hydrogen (secondary N) is 1. The fourth-order valence-electron chi connectivity index (χ4n) is 2.60. The van der Waals surface area contributed by atoms with Crippen molar-refractivity contribution >= 4 is 5.91 Å². The molecule has 0 aromatic carbocycles. The zero-order valence-corrected chi connectivity index (χ0v) is 10.1. The zero-order valence-electron chi connectivity index (χ0n) is 10.1. The molecule has 1 aliphatic rings. The van der Waals surface area contributed by atoms with Crippen LogP contribution in [-0.4, -0.2) is 19.0 Å². The Morgan fingerprint density at radius 1 is 1.44 bits per heavy atom. The molecule has 1 amide bonds. The molecule has 92 valence electrons. The molecular formula is C13H24N2O. The lowest BCUT2D eigenvalue weighted by Crippen LogP contribution is -2.37. The van der Waals surface area contributed by atoms with E-state index in [4.69, 9.17) is 5.73 Å². The first kappa shape index (κ1) is 13.2. The number of rotatable bonds is 6. The van der Waals surface area contributed by atoms with Gasteiger partial charge in [0.1, 0.15) is 0 Å². The van der Waals surface area contributed by atoms with Crippen molar-refractivity contribution in [3.8, 4) is 0 Å². The van der Waals surface area contributed by atoms with Gasteiger partial charge in [-0.1, -0.05) is 25.3 Å². The number of carbonyl (C=O) groups excluding carboxylic acids is 1. The van der Waals surface area contributed by atoms with Crippen molar-refractivity contribution < 1.29 is 4.79 Å². The molecule has 0 aliphatic heterocycles. The van der Waals surface area contributed by atoms with E-state index in [1.165, 1.54) is 32.1 Å². The molecule has 3 N–H and O–H groups in total. The maximum atomic E-state index is 12.0. The molecule has 0 bridgehead atoms. The lowest BCUT2D eigenvalue weighted by atomic mass is 9.78. The van der Waals surface area contributed by atoms with Crippen LogP contribution in [0.1, 0.15) is 38.5 Å². The Bertz CT molecular complexity index is 222. The Morgan fingerprint density at radius 3 is 2.69 bits per heavy atom. The quantitative estimate of drug-likeness (QED) is 0.676. The Morgan fingerprint density at radius 2 is 2.12 bits per heavy atom. The third kappa shape index (κ3) is 3.97. The van der Waals surface area contributed by atoms with E-state index in [2.05, 4.69) is 11.9 Å². The van der Waals surface area contributed by atoms with Crippen LogP contribution in [0.15, 0.2) is 12.7 Å². The first-order valence-corrected chi connectivity index (χ1v) is 6.38. The highest BCUT2D eigenvalue weighted by Gasteiger charge is 2.28. The highest BCUT2D eigenvalue weighted by molar-refractivity contribution is 5.79. The van der Waals surface area contributed by atoms with Gasteiger partial charge < -0.3 is 11.1 Å². The summed E-state index contributed by atoms with van der Waals surface area (Å²) < 4.78 is 0. The Kier molecular flexibility index (Phi) is 6.16. The molecule has 1 atom stereocenters. The predicted molar refractivity (Wildman–Crippen MR) is 66.9 cm³/mol. The fourth-order valence-corrected chi connectivity index (χ4v) is 2.60. The third-order valence-electron chi connectivity index (χ3n) is 3.45. The molecule has 3 nitrogen and oxygen atoms in total. The van der Waals surface area contributed by atoms with Crippen molar-refractivity contribution in [1.29, 1.82) is 0 Å². The SMILES string of the molecule is C=CCNC(=O)C(CCN)C1CCCCC1. The molecule has 0 aromatic heterocycles. The van der Waals surface area contributed by atoms with Gasteiger partial charge in [-0.3, -0.25) is 4.79 Å². The monoisotopic (exact) mass is 224 g/mol. The van der Waals surface area contributed by atoms with Crippen molar-refractivity contribution in [3.05, 3.63) is 12.7 Å². The van der Waals surface area contributed by atoms with Crippen molar-refractivity contribution in [2.45, 2.75) is 38.5 Å². The summed E-state index contributed by atoms with van der Waals surface area (Å²) in [6, 6.07) is 0. The van der Waals surface area contributed by atoms with Crippen molar-refractivity contribution in [3.63, 3.8) is 0 Å². The molecule has 0 saturated heterocycles. The van der Waals surface area contributed by atoms with Gasteiger partial charge in [-0.2, -0.15) is 0 Å². The molecule has 1 rings (SSSR count). The maximum absolute atomic E-state index is 12.0. The third-order valence-corrected chi connectivity index (χ3v) is 3.45. The molecule has 0 heterocycles. The van der Waals surface area contributed by atoms with Gasteiger partial charge in [-0.25, -0.2) is 0 Å². The minimum absolute atomic E-state index is 0.116. The first-order valence-electron chi connectivity index (χ1n) is 6.38. The largest absolute Gasteiger partial charge is 0.352 e. The van der Waals surface area contributed by atoms with E-state index < -0.39 is 0 Å². The van der Waals surface area contributed by atoms with Gasteiger partial charge in [0.05, 0.1) is 0 Å². The van der Waals surface area contributed by atoms with Crippen LogP contribution in [0.5, 0.6) is 0 Å². The average molecular weight is 224 g/mol. The summed E-state index contributed by atoms with van der Waals surface area (Å²) in [5, 5.41) is 2.90. The van der Waals surface area contributed by atoms with Crippen molar-refractivity contribution in [1.82, 2.24) is 5.32 Å². The summed E-state index contributed by atoms with van der Waals surface area (Å²) in [6.45, 7) is 4.77. The summed E-state index contributed by atoms with van der Waals surface area (Å²) in [4.78, 5) is 12.0. The number of carbonyl (C=O) groups is 1. The Balaban J connectivity index is 2.50. The van der Waals surface area contributed by atoms with Gasteiger partial charge in [0.25, 0.3) is 0 Å². The van der Waals surface area contributed by atoms with Crippen LogP contribution in [0.4, 0.5) is 0 Å². The molecule has 1 fully saturated rings. The van der Waals surface area contributed by atoms with Crippen molar-refractivity contribution in [2.24, 2.45) is 17.6 Å². The van der Waals surface area contributed by atoms with E-state index >= 15 is 0 Å². The minimum Gasteiger partial charge on any atom is -0.352 e. The second kappa shape index (κ2) is 7.44. The van der Waals surface area contributed by atoms with Crippen LogP contribution in [0, 0.1) is 11.8 Å². The molecule has 16 heavy (non-hydrogen) atoms. The van der Waals surface area contributed by atoms with Crippen LogP contribution in [0.3, 0.4) is 0 Å². The lowest BCUT2D eigenvalue weighted by molar-refractivity contribution is -0.127. The maximum Gasteiger partial charge on any atom is 0.223 e. The standard InChI is InChI=1S/C13H24N2O/c1-2-10-15-13(16)12(8-9-14)11-6-4-3-5-7-11/h2,11-12H,1,3-10,14H2,(H,15,16). The number of amides is 1. The Hall–Kier alpha value is -0.830. The van der Waals surface area contributed by atoms with Gasteiger partial charge in [0.2, 0.25) is 5.91 Å². The summed E-state index contributed by atoms with van der Waals surface area (Å²) in [7, 11) is 0. The zero-order chi connectivity index (χ0) is 11.8. The molecule has 1 aliphatic carbocycles. The summed E-state index contributed by atoms with van der Waals surface area (Å²) in [5.74, 6) is 0.824. The van der Waals surface area contributed by atoms with Crippen LogP contribution in [-0.2, 0) is 4.79 Å². The topological polar surface area (TPSA) is 55.1 Å². The van der Waals surface area contributed by atoms with E-state index in [1.54, 1.807) is 6.08 Å². The first-order chi connectivity index (χ1) is 7.79. The van der Waals surface area contributed by atoms with Gasteiger partial charge in [0.15, 0.2) is 0 Å². The van der Waals surface area contributed by atoms with Gasteiger partial charge in [-0.15, -0.1) is 6.58 Å². The van der Waals surface area contributed by atoms with Crippen LogP contribution < -0.4 is 11.1 Å². The average Bonchev–Trinajstić information content (AvgIpc) is 2.34. The van der Waals surface area contributed by atoms with Crippen LogP contribution in [0.2, 0.25) is 0 Å². The number of hydrogen-bond donors (Lipinski definition) is 2. The molecule has 1 saturated carbocycles. The second-order valence-corrected chi connectivity index (χ2v) is 4.62. The molecule has 0 spiro atoms. The lowest BCUT2D eigenvalue weighted by Gasteiger charge is -2.29. The van der Waals surface area contributed by atoms with E-state index in [1.807, 2.05) is 0 Å². The summed E-state index contributed by atoms with van der Waals surface area (Å²) in [6.07, 6.45) is 8.76. The number of hydrogen-bond acceptors (Lipinski definition) is 2. The van der Waals surface area contributed by atoms with E-state index in [9.17, 15) is 4.79 Å². The smallest absolute Gasteiger partial charge is 0.223 e. The molecular weight excluding hydrogens is 200 g/mol. The van der Waals surface area contributed by atoms with Gasteiger partial charge >= 0.3 is 0 Å². The molecule has 1 unspecified atom stereocenters. The number of nitrogens with two attached hydrogens (primary N) is 1. The summed E-state index contributed by atoms with van der Waals surface area (Å²) in [5.41, 5.74) is 5.60. The fraction of sp³-hybridized carbons (Fsp3) is 0.769. The highest BCUT2D eigenvalue weighted by Crippen LogP contribution is 2.31. The van der Waals surface area contributed by atoms with Gasteiger partial charge in [-0.05, 0) is 31.7 Å². The summed E-state index contributed by atoms with van der Waals surface area (Å²) >= 11 is 0. The van der Waals surface area contributed by atoms with E-state index in [-0.39, 0.29) is 11.8 Å². The molecule has 0 aromatic rings. The Labute approximate surface area is 98.5 Å². The second-order valence-electron chi connectivity index (χ2n) is 4.62. The predicted octanol–water partition coefficient (Wildman–Crippen LogP) is 1.83. The van der Waals surface area contributed by atoms with Crippen LogP contribution >= 0.6 is 0 Å². The molecule has 0 radical (unpaired) electrons. The van der Waals surface area contributed by atoms with E-state index in [0.717, 1.165) is 6.42 Å². The van der Waals surface area contributed by atoms with E-state index in [0.29, 0.717) is 19.0 Å². The highest BCUT2D eigenvalue weighted by atomic mass is 16.1. The minimum atomic E-state index is 0.116. The molecule has 3 heteroatoms. The normalized spacial score (nSPS) is 19.1.